The van der Waals surface area contributed by atoms with Crippen molar-refractivity contribution >= 4 is 38.3 Å². The fourth-order valence-corrected chi connectivity index (χ4v) is 3.34. The first-order valence-electron chi connectivity index (χ1n) is 6.14. The van der Waals surface area contributed by atoms with Crippen molar-refractivity contribution in [3.63, 3.8) is 0 Å². The molecule has 0 amide bonds. The van der Waals surface area contributed by atoms with Crippen LogP contribution in [0.15, 0.2) is 47.4 Å². The molecule has 2 N–H and O–H groups in total. The highest BCUT2D eigenvalue weighted by Crippen LogP contribution is 2.21. The van der Waals surface area contributed by atoms with Crippen molar-refractivity contribution in [3.05, 3.63) is 57.4 Å². The lowest BCUT2D eigenvalue weighted by atomic mass is 10.2. The van der Waals surface area contributed by atoms with E-state index in [9.17, 15) is 12.8 Å². The Hall–Kier alpha value is -1.19. The second-order valence-electron chi connectivity index (χ2n) is 4.41. The van der Waals surface area contributed by atoms with Gasteiger partial charge >= 0.3 is 0 Å². The Morgan fingerprint density at radius 3 is 2.43 bits per heavy atom. The number of anilines is 1. The zero-order valence-corrected chi connectivity index (χ0v) is 14.2. The second-order valence-corrected chi connectivity index (χ2v) is 7.30. The largest absolute Gasteiger partial charge is 0.316 e. The van der Waals surface area contributed by atoms with Crippen LogP contribution in [0.5, 0.6) is 0 Å². The quantitative estimate of drug-likeness (QED) is 0.732. The van der Waals surface area contributed by atoms with Gasteiger partial charge in [-0.15, -0.1) is 0 Å². The third-order valence-corrected chi connectivity index (χ3v) is 4.88. The summed E-state index contributed by atoms with van der Waals surface area (Å²) in [7, 11) is -2.22. The van der Waals surface area contributed by atoms with Gasteiger partial charge in [-0.25, -0.2) is 12.8 Å². The Labute approximate surface area is 137 Å². The van der Waals surface area contributed by atoms with Crippen molar-refractivity contribution in [1.29, 1.82) is 0 Å². The summed E-state index contributed by atoms with van der Waals surface area (Å²) in [6.07, 6.45) is 0. The highest BCUT2D eigenvalue weighted by Gasteiger charge is 2.19. The van der Waals surface area contributed by atoms with Crippen molar-refractivity contribution < 1.29 is 12.8 Å². The number of sulfonamides is 1. The van der Waals surface area contributed by atoms with Gasteiger partial charge in [0, 0.05) is 15.8 Å². The fraction of sp³-hybridized carbons (Fsp3) is 0.143. The van der Waals surface area contributed by atoms with Crippen LogP contribution >= 0.6 is 22.6 Å². The van der Waals surface area contributed by atoms with Gasteiger partial charge in [0.15, 0.2) is 0 Å². The highest BCUT2D eigenvalue weighted by molar-refractivity contribution is 14.1. The number of nitrogens with one attached hydrogen (secondary N) is 2. The monoisotopic (exact) mass is 420 g/mol. The van der Waals surface area contributed by atoms with Crippen molar-refractivity contribution in [2.45, 2.75) is 11.4 Å². The Morgan fingerprint density at radius 2 is 1.81 bits per heavy atom. The van der Waals surface area contributed by atoms with Crippen molar-refractivity contribution in [2.75, 3.05) is 11.8 Å². The Morgan fingerprint density at radius 1 is 1.14 bits per heavy atom. The van der Waals surface area contributed by atoms with E-state index >= 15 is 0 Å². The lowest BCUT2D eigenvalue weighted by Gasteiger charge is -2.10. The average molecular weight is 420 g/mol. The van der Waals surface area contributed by atoms with Gasteiger partial charge in [-0.3, -0.25) is 4.72 Å². The van der Waals surface area contributed by atoms with Crippen molar-refractivity contribution in [2.24, 2.45) is 0 Å². The predicted octanol–water partition coefficient (Wildman–Crippen LogP) is 2.95. The summed E-state index contributed by atoms with van der Waals surface area (Å²) in [4.78, 5) is -0.353. The number of hydrogen-bond acceptors (Lipinski definition) is 3. The van der Waals surface area contributed by atoms with Crippen LogP contribution in [0.4, 0.5) is 10.1 Å². The van der Waals surface area contributed by atoms with Gasteiger partial charge in [0.25, 0.3) is 10.0 Å². The Bertz CT molecular complexity index is 733. The molecule has 2 aromatic carbocycles. The molecular weight excluding hydrogens is 406 g/mol. The van der Waals surface area contributed by atoms with E-state index in [2.05, 4.69) is 32.6 Å². The smallest absolute Gasteiger partial charge is 0.264 e. The third kappa shape index (κ3) is 4.14. The van der Waals surface area contributed by atoms with Gasteiger partial charge in [0.05, 0.1) is 0 Å². The maximum atomic E-state index is 13.8. The van der Waals surface area contributed by atoms with Crippen LogP contribution < -0.4 is 10.0 Å². The van der Waals surface area contributed by atoms with Crippen LogP contribution in [0.3, 0.4) is 0 Å². The van der Waals surface area contributed by atoms with Gasteiger partial charge in [0.1, 0.15) is 10.7 Å². The van der Waals surface area contributed by atoms with E-state index in [1.165, 1.54) is 6.07 Å². The molecule has 2 rings (SSSR count). The fourth-order valence-electron chi connectivity index (χ4n) is 1.80. The van der Waals surface area contributed by atoms with Gasteiger partial charge in [-0.05, 0) is 71.6 Å². The van der Waals surface area contributed by atoms with Crippen molar-refractivity contribution in [1.82, 2.24) is 5.32 Å². The SMILES string of the molecule is CNCc1ccc(F)c(S(=O)(=O)Nc2ccc(I)cc2)c1. The molecule has 4 nitrogen and oxygen atoms in total. The lowest BCUT2D eigenvalue weighted by molar-refractivity contribution is 0.569. The van der Waals surface area contributed by atoms with E-state index in [1.807, 2.05) is 0 Å². The van der Waals surface area contributed by atoms with Crippen LogP contribution in [0.25, 0.3) is 0 Å². The molecule has 0 heterocycles. The summed E-state index contributed by atoms with van der Waals surface area (Å²) in [5.74, 6) is -0.770. The van der Waals surface area contributed by atoms with E-state index in [4.69, 9.17) is 0 Å². The number of rotatable bonds is 5. The van der Waals surface area contributed by atoms with Crippen molar-refractivity contribution in [3.8, 4) is 0 Å². The second kappa shape index (κ2) is 6.71. The van der Waals surface area contributed by atoms with Crippen LogP contribution in [-0.2, 0) is 16.6 Å². The molecule has 21 heavy (non-hydrogen) atoms. The molecule has 0 bridgehead atoms. The average Bonchev–Trinajstić information content (AvgIpc) is 2.43. The number of hydrogen-bond donors (Lipinski definition) is 2. The Balaban J connectivity index is 2.34. The number of benzene rings is 2. The summed E-state index contributed by atoms with van der Waals surface area (Å²) in [6.45, 7) is 0.465. The molecule has 7 heteroatoms. The molecular formula is C14H14FIN2O2S. The molecule has 0 saturated heterocycles. The summed E-state index contributed by atoms with van der Waals surface area (Å²) in [5.41, 5.74) is 1.09. The van der Waals surface area contributed by atoms with Crippen LogP contribution in [-0.4, -0.2) is 15.5 Å². The van der Waals surface area contributed by atoms with Gasteiger partial charge in [-0.2, -0.15) is 0 Å². The number of halogens is 2. The molecule has 0 aromatic heterocycles. The standard InChI is InChI=1S/C14H14FIN2O2S/c1-17-9-10-2-7-13(15)14(8-10)21(19,20)18-12-5-3-11(16)4-6-12/h2-8,17-18H,9H2,1H3. The van der Waals surface area contributed by atoms with E-state index in [0.717, 1.165) is 9.64 Å². The molecule has 0 aliphatic rings. The molecule has 112 valence electrons. The highest BCUT2D eigenvalue weighted by atomic mass is 127. The van der Waals surface area contributed by atoms with Gasteiger partial charge in [-0.1, -0.05) is 6.07 Å². The first-order chi connectivity index (χ1) is 9.92. The molecule has 0 aliphatic carbocycles. The summed E-state index contributed by atoms with van der Waals surface area (Å²) in [5, 5.41) is 2.90. The summed E-state index contributed by atoms with van der Waals surface area (Å²) in [6, 6.07) is 10.9. The lowest BCUT2D eigenvalue weighted by Crippen LogP contribution is -2.15. The van der Waals surface area contributed by atoms with E-state index in [0.29, 0.717) is 17.8 Å². The van der Waals surface area contributed by atoms with Crippen LogP contribution in [0.1, 0.15) is 5.56 Å². The van der Waals surface area contributed by atoms with E-state index in [-0.39, 0.29) is 4.90 Å². The molecule has 0 spiro atoms. The third-order valence-electron chi connectivity index (χ3n) is 2.76. The molecule has 2 aromatic rings. The molecule has 0 aliphatic heterocycles. The van der Waals surface area contributed by atoms with E-state index in [1.54, 1.807) is 37.4 Å². The minimum absolute atomic E-state index is 0.353. The Kier molecular flexibility index (Phi) is 5.17. The molecule has 0 saturated carbocycles. The topological polar surface area (TPSA) is 58.2 Å². The summed E-state index contributed by atoms with van der Waals surface area (Å²) < 4.78 is 41.8. The normalized spacial score (nSPS) is 11.4. The first-order valence-corrected chi connectivity index (χ1v) is 8.70. The predicted molar refractivity (Wildman–Crippen MR) is 89.1 cm³/mol. The first kappa shape index (κ1) is 16.2. The van der Waals surface area contributed by atoms with Gasteiger partial charge < -0.3 is 5.32 Å². The zero-order valence-electron chi connectivity index (χ0n) is 11.2. The van der Waals surface area contributed by atoms with Gasteiger partial charge in [0.2, 0.25) is 0 Å². The maximum Gasteiger partial charge on any atom is 0.264 e. The van der Waals surface area contributed by atoms with E-state index < -0.39 is 15.8 Å². The summed E-state index contributed by atoms with van der Waals surface area (Å²) >= 11 is 2.12. The van der Waals surface area contributed by atoms with Crippen LogP contribution in [0, 0.1) is 9.39 Å². The minimum atomic E-state index is -3.95. The molecule has 0 unspecified atom stereocenters. The van der Waals surface area contributed by atoms with Crippen LogP contribution in [0.2, 0.25) is 0 Å². The minimum Gasteiger partial charge on any atom is -0.316 e. The molecule has 0 fully saturated rings. The molecule has 0 atom stereocenters. The maximum absolute atomic E-state index is 13.8. The zero-order chi connectivity index (χ0) is 15.5. The molecule has 0 radical (unpaired) electrons.